The van der Waals surface area contributed by atoms with E-state index in [9.17, 15) is 9.59 Å². The normalized spacial score (nSPS) is 9.47. The fraction of sp³-hybridized carbons (Fsp3) is 0.250. The lowest BCUT2D eigenvalue weighted by molar-refractivity contribution is -0.124. The number of benzene rings is 1. The Kier molecular flexibility index (Phi) is 5.64. The van der Waals surface area contributed by atoms with E-state index in [0.29, 0.717) is 0 Å². The largest absolute Gasteiger partial charge is 0.452 e. The molecule has 100 valence electrons. The number of hydrogen-bond acceptors (Lipinski definition) is 5. The Bertz CT molecular complexity index is 525. The standard InChI is InChI=1S/C12H12ClN3O3/c13-9-4-1-3-8(11(9)15)12(18)19-7-10(17)16-6-2-5-14/h1,3-4H,2,6-7,15H2,(H,16,17). The molecule has 0 unspecified atom stereocenters. The number of nitrogen functional groups attached to an aromatic ring is 1. The van der Waals surface area contributed by atoms with Gasteiger partial charge in [-0.2, -0.15) is 5.26 Å². The highest BCUT2D eigenvalue weighted by atomic mass is 35.5. The molecule has 1 amide bonds. The number of halogens is 1. The minimum atomic E-state index is -0.726. The first-order valence-electron chi connectivity index (χ1n) is 5.41. The zero-order valence-electron chi connectivity index (χ0n) is 9.98. The number of nitrogens with zero attached hydrogens (tertiary/aromatic N) is 1. The molecule has 0 saturated heterocycles. The van der Waals surface area contributed by atoms with Crippen molar-refractivity contribution >= 4 is 29.2 Å². The number of para-hydroxylation sites is 1. The average Bonchev–Trinajstić information content (AvgIpc) is 2.39. The molecule has 1 aromatic carbocycles. The van der Waals surface area contributed by atoms with Crippen LogP contribution >= 0.6 is 11.6 Å². The summed E-state index contributed by atoms with van der Waals surface area (Å²) in [6, 6.07) is 6.43. The second kappa shape index (κ2) is 7.24. The van der Waals surface area contributed by atoms with Crippen LogP contribution in [0.3, 0.4) is 0 Å². The van der Waals surface area contributed by atoms with Crippen LogP contribution in [0.15, 0.2) is 18.2 Å². The van der Waals surface area contributed by atoms with Crippen LogP contribution in [0, 0.1) is 11.3 Å². The van der Waals surface area contributed by atoms with E-state index < -0.39 is 18.5 Å². The molecule has 19 heavy (non-hydrogen) atoms. The van der Waals surface area contributed by atoms with E-state index in [1.54, 1.807) is 12.1 Å². The summed E-state index contributed by atoms with van der Waals surface area (Å²) in [6.07, 6.45) is 0.195. The van der Waals surface area contributed by atoms with E-state index in [1.807, 2.05) is 6.07 Å². The Morgan fingerprint density at radius 2 is 2.21 bits per heavy atom. The minimum Gasteiger partial charge on any atom is -0.452 e. The molecule has 0 atom stereocenters. The van der Waals surface area contributed by atoms with Crippen molar-refractivity contribution in [2.24, 2.45) is 0 Å². The van der Waals surface area contributed by atoms with Gasteiger partial charge in [-0.15, -0.1) is 0 Å². The van der Waals surface area contributed by atoms with Crippen LogP contribution in [0.25, 0.3) is 0 Å². The van der Waals surface area contributed by atoms with Crippen LogP contribution in [0.2, 0.25) is 5.02 Å². The zero-order chi connectivity index (χ0) is 14.3. The SMILES string of the molecule is N#CCCNC(=O)COC(=O)c1cccc(Cl)c1N. The smallest absolute Gasteiger partial charge is 0.340 e. The highest BCUT2D eigenvalue weighted by Crippen LogP contribution is 2.22. The number of nitrogens with two attached hydrogens (primary N) is 1. The van der Waals surface area contributed by atoms with Gasteiger partial charge in [0.25, 0.3) is 5.91 Å². The van der Waals surface area contributed by atoms with Gasteiger partial charge in [0.1, 0.15) is 0 Å². The third-order valence-electron chi connectivity index (χ3n) is 2.17. The summed E-state index contributed by atoms with van der Waals surface area (Å²) in [6.45, 7) is -0.220. The number of nitriles is 1. The number of rotatable bonds is 5. The monoisotopic (exact) mass is 281 g/mol. The number of nitrogens with one attached hydrogen (secondary N) is 1. The predicted octanol–water partition coefficient (Wildman–Crippen LogP) is 1.11. The first-order valence-corrected chi connectivity index (χ1v) is 5.78. The zero-order valence-corrected chi connectivity index (χ0v) is 10.7. The van der Waals surface area contributed by atoms with Gasteiger partial charge in [-0.05, 0) is 12.1 Å². The van der Waals surface area contributed by atoms with Crippen molar-refractivity contribution in [2.75, 3.05) is 18.9 Å². The van der Waals surface area contributed by atoms with Gasteiger partial charge in [-0.25, -0.2) is 4.79 Å². The summed E-state index contributed by atoms with van der Waals surface area (Å²) < 4.78 is 4.78. The molecule has 0 heterocycles. The minimum absolute atomic E-state index is 0.109. The highest BCUT2D eigenvalue weighted by molar-refractivity contribution is 6.33. The van der Waals surface area contributed by atoms with Crippen LogP contribution in [-0.4, -0.2) is 25.0 Å². The number of amides is 1. The van der Waals surface area contributed by atoms with Gasteiger partial charge in [-0.3, -0.25) is 4.79 Å². The first-order chi connectivity index (χ1) is 9.06. The van der Waals surface area contributed by atoms with Crippen LogP contribution in [-0.2, 0) is 9.53 Å². The van der Waals surface area contributed by atoms with Gasteiger partial charge >= 0.3 is 5.97 Å². The molecule has 0 aromatic heterocycles. The summed E-state index contributed by atoms with van der Waals surface area (Å²) in [5, 5.41) is 11.0. The van der Waals surface area contributed by atoms with E-state index >= 15 is 0 Å². The summed E-state index contributed by atoms with van der Waals surface area (Å²) in [5.74, 6) is -1.21. The molecule has 1 aromatic rings. The van der Waals surface area contributed by atoms with Gasteiger partial charge in [0.2, 0.25) is 0 Å². The first kappa shape index (κ1) is 14.8. The molecule has 0 aliphatic heterocycles. The van der Waals surface area contributed by atoms with E-state index in [1.165, 1.54) is 6.07 Å². The Morgan fingerprint density at radius 1 is 1.47 bits per heavy atom. The fourth-order valence-corrected chi connectivity index (χ4v) is 1.41. The third kappa shape index (κ3) is 4.48. The van der Waals surface area contributed by atoms with Crippen LogP contribution in [0.4, 0.5) is 5.69 Å². The van der Waals surface area contributed by atoms with Gasteiger partial charge in [0.05, 0.1) is 28.8 Å². The van der Waals surface area contributed by atoms with Gasteiger partial charge in [-0.1, -0.05) is 17.7 Å². The van der Waals surface area contributed by atoms with E-state index in [4.69, 9.17) is 27.3 Å². The number of anilines is 1. The maximum Gasteiger partial charge on any atom is 0.340 e. The van der Waals surface area contributed by atoms with Crippen molar-refractivity contribution in [1.29, 1.82) is 5.26 Å². The second-order valence-corrected chi connectivity index (χ2v) is 3.94. The Balaban J connectivity index is 2.50. The number of ether oxygens (including phenoxy) is 1. The maximum atomic E-state index is 11.7. The second-order valence-electron chi connectivity index (χ2n) is 3.54. The topological polar surface area (TPSA) is 105 Å². The number of carbonyl (C=O) groups is 2. The molecule has 0 fully saturated rings. The Hall–Kier alpha value is -2.26. The van der Waals surface area contributed by atoms with Crippen molar-refractivity contribution in [3.63, 3.8) is 0 Å². The molecular formula is C12H12ClN3O3. The molecule has 1 rings (SSSR count). The third-order valence-corrected chi connectivity index (χ3v) is 2.50. The van der Waals surface area contributed by atoms with E-state index in [-0.39, 0.29) is 29.2 Å². The summed E-state index contributed by atoms with van der Waals surface area (Å²) in [7, 11) is 0. The predicted molar refractivity (Wildman–Crippen MR) is 69.4 cm³/mol. The molecule has 6 nitrogen and oxygen atoms in total. The number of esters is 1. The lowest BCUT2D eigenvalue weighted by Crippen LogP contribution is -2.29. The van der Waals surface area contributed by atoms with Crippen LogP contribution in [0.5, 0.6) is 0 Å². The van der Waals surface area contributed by atoms with Gasteiger partial charge in [0.15, 0.2) is 6.61 Å². The van der Waals surface area contributed by atoms with Crippen LogP contribution in [0.1, 0.15) is 16.8 Å². The van der Waals surface area contributed by atoms with Crippen molar-refractivity contribution in [3.05, 3.63) is 28.8 Å². The van der Waals surface area contributed by atoms with E-state index in [0.717, 1.165) is 0 Å². The fourth-order valence-electron chi connectivity index (χ4n) is 1.23. The number of carbonyl (C=O) groups excluding carboxylic acids is 2. The summed E-state index contributed by atoms with van der Waals surface area (Å²) >= 11 is 5.76. The Labute approximate surface area is 115 Å². The maximum absolute atomic E-state index is 11.7. The number of hydrogen-bond donors (Lipinski definition) is 2. The summed E-state index contributed by atoms with van der Waals surface area (Å²) in [4.78, 5) is 22.9. The van der Waals surface area contributed by atoms with Gasteiger partial charge in [0, 0.05) is 6.54 Å². The lowest BCUT2D eigenvalue weighted by Gasteiger charge is -2.07. The molecule has 0 bridgehead atoms. The Morgan fingerprint density at radius 3 is 2.89 bits per heavy atom. The quantitative estimate of drug-likeness (QED) is 0.478. The summed E-state index contributed by atoms with van der Waals surface area (Å²) in [5.41, 5.74) is 5.84. The van der Waals surface area contributed by atoms with Crippen molar-refractivity contribution in [3.8, 4) is 6.07 Å². The van der Waals surface area contributed by atoms with Crippen molar-refractivity contribution in [1.82, 2.24) is 5.32 Å². The molecular weight excluding hydrogens is 270 g/mol. The lowest BCUT2D eigenvalue weighted by atomic mass is 10.2. The molecule has 0 saturated carbocycles. The molecule has 0 radical (unpaired) electrons. The van der Waals surface area contributed by atoms with Crippen LogP contribution < -0.4 is 11.1 Å². The van der Waals surface area contributed by atoms with Gasteiger partial charge < -0.3 is 15.8 Å². The molecule has 0 spiro atoms. The van der Waals surface area contributed by atoms with Crippen molar-refractivity contribution < 1.29 is 14.3 Å². The average molecular weight is 282 g/mol. The van der Waals surface area contributed by atoms with Crippen molar-refractivity contribution in [2.45, 2.75) is 6.42 Å². The molecule has 0 aliphatic carbocycles. The molecule has 0 aliphatic rings. The molecule has 7 heteroatoms. The van der Waals surface area contributed by atoms with E-state index in [2.05, 4.69) is 5.32 Å². The molecule has 3 N–H and O–H groups in total. The highest BCUT2D eigenvalue weighted by Gasteiger charge is 2.14.